The first-order valence-electron chi connectivity index (χ1n) is 10.9. The zero-order chi connectivity index (χ0) is 23.1. The highest BCUT2D eigenvalue weighted by Gasteiger charge is 2.38. The van der Waals surface area contributed by atoms with Gasteiger partial charge in [0.15, 0.2) is 0 Å². The number of carbonyl (C=O) groups is 2. The maximum atomic E-state index is 13.0. The van der Waals surface area contributed by atoms with Crippen molar-refractivity contribution in [2.45, 2.75) is 58.1 Å². The quantitative estimate of drug-likeness (QED) is 0.754. The molecule has 0 radical (unpaired) electrons. The smallest absolute Gasteiger partial charge is 0.410 e. The molecule has 32 heavy (non-hydrogen) atoms. The van der Waals surface area contributed by atoms with Crippen LogP contribution in [0.4, 0.5) is 9.59 Å². The average Bonchev–Trinajstić information content (AvgIpc) is 2.76. The van der Waals surface area contributed by atoms with Crippen molar-refractivity contribution in [1.29, 1.82) is 0 Å². The number of amides is 2. The highest BCUT2D eigenvalue weighted by Crippen LogP contribution is 2.23. The number of carbonyl (C=O) groups excluding carboxylic acids is 2. The van der Waals surface area contributed by atoms with Crippen LogP contribution in [-0.2, 0) is 22.6 Å². The van der Waals surface area contributed by atoms with Crippen LogP contribution in [0.3, 0.4) is 0 Å². The Hall–Kier alpha value is -3.06. The van der Waals surface area contributed by atoms with E-state index in [0.29, 0.717) is 19.5 Å². The summed E-state index contributed by atoms with van der Waals surface area (Å²) in [5, 5.41) is 10.9. The van der Waals surface area contributed by atoms with E-state index in [2.05, 4.69) is 0 Å². The number of hydrogen-bond acceptors (Lipinski definition) is 5. The van der Waals surface area contributed by atoms with Crippen LogP contribution in [0.5, 0.6) is 0 Å². The molecule has 7 nitrogen and oxygen atoms in total. The number of nitrogens with zero attached hydrogens (tertiary/aromatic N) is 2. The lowest BCUT2D eigenvalue weighted by atomic mass is 10.00. The van der Waals surface area contributed by atoms with E-state index in [1.165, 1.54) is 4.90 Å². The van der Waals surface area contributed by atoms with Gasteiger partial charge in [0.2, 0.25) is 0 Å². The van der Waals surface area contributed by atoms with E-state index in [1.807, 2.05) is 81.4 Å². The number of benzene rings is 2. The molecule has 0 saturated carbocycles. The van der Waals surface area contributed by atoms with Gasteiger partial charge in [0, 0.05) is 13.1 Å². The number of aliphatic hydroxyl groups is 1. The van der Waals surface area contributed by atoms with Gasteiger partial charge in [-0.2, -0.15) is 0 Å². The Balaban J connectivity index is 1.65. The summed E-state index contributed by atoms with van der Waals surface area (Å²) in [6.45, 7) is 6.40. The minimum atomic E-state index is -0.913. The maximum Gasteiger partial charge on any atom is 0.410 e. The Kier molecular flexibility index (Phi) is 7.75. The van der Waals surface area contributed by atoms with Gasteiger partial charge in [0.25, 0.3) is 0 Å². The molecule has 0 aliphatic carbocycles. The molecule has 3 rings (SSSR count). The van der Waals surface area contributed by atoms with E-state index in [-0.39, 0.29) is 13.2 Å². The summed E-state index contributed by atoms with van der Waals surface area (Å²) in [6, 6.07) is 18.6. The molecule has 0 bridgehead atoms. The van der Waals surface area contributed by atoms with Crippen LogP contribution in [-0.4, -0.2) is 57.9 Å². The SMILES string of the molecule is CC(C)(C)OC(=O)N(Cc1ccccc1)[C@@H]1CCN(C(=O)OCc2ccccc2)C[C@H]1O. The second kappa shape index (κ2) is 10.5. The van der Waals surface area contributed by atoms with Crippen LogP contribution < -0.4 is 0 Å². The first kappa shape index (κ1) is 23.6. The predicted octanol–water partition coefficient (Wildman–Crippen LogP) is 4.20. The standard InChI is InChI=1S/C25H32N2O5/c1-25(2,3)32-24(30)27(16-19-10-6-4-7-11-19)21-14-15-26(17-22(21)28)23(29)31-18-20-12-8-5-9-13-20/h4-13,21-22,28H,14-18H2,1-3H3/t21-,22-/m1/s1. The average molecular weight is 441 g/mol. The fourth-order valence-corrected chi connectivity index (χ4v) is 3.68. The lowest BCUT2D eigenvalue weighted by Gasteiger charge is -2.41. The molecule has 2 aromatic carbocycles. The third-order valence-electron chi connectivity index (χ3n) is 5.23. The molecule has 0 spiro atoms. The van der Waals surface area contributed by atoms with Gasteiger partial charge in [0.1, 0.15) is 12.2 Å². The topological polar surface area (TPSA) is 79.3 Å². The molecule has 2 amide bonds. The van der Waals surface area contributed by atoms with Crippen molar-refractivity contribution >= 4 is 12.2 Å². The highest BCUT2D eigenvalue weighted by atomic mass is 16.6. The second-order valence-corrected chi connectivity index (χ2v) is 9.00. The van der Waals surface area contributed by atoms with Gasteiger partial charge < -0.3 is 19.5 Å². The van der Waals surface area contributed by atoms with Crippen molar-refractivity contribution in [1.82, 2.24) is 9.80 Å². The van der Waals surface area contributed by atoms with Gasteiger partial charge in [-0.1, -0.05) is 60.7 Å². The number of aliphatic hydroxyl groups excluding tert-OH is 1. The third-order valence-corrected chi connectivity index (χ3v) is 5.23. The fourth-order valence-electron chi connectivity index (χ4n) is 3.68. The molecule has 0 aromatic heterocycles. The van der Waals surface area contributed by atoms with Crippen molar-refractivity contribution in [3.63, 3.8) is 0 Å². The van der Waals surface area contributed by atoms with E-state index in [4.69, 9.17) is 9.47 Å². The molecule has 172 valence electrons. The molecule has 7 heteroatoms. The summed E-state index contributed by atoms with van der Waals surface area (Å²) in [5.74, 6) is 0. The largest absolute Gasteiger partial charge is 0.445 e. The van der Waals surface area contributed by atoms with Crippen molar-refractivity contribution in [2.75, 3.05) is 13.1 Å². The maximum absolute atomic E-state index is 13.0. The van der Waals surface area contributed by atoms with Gasteiger partial charge in [-0.15, -0.1) is 0 Å². The van der Waals surface area contributed by atoms with Crippen LogP contribution in [0.2, 0.25) is 0 Å². The first-order chi connectivity index (χ1) is 15.2. The highest BCUT2D eigenvalue weighted by molar-refractivity contribution is 5.70. The monoisotopic (exact) mass is 440 g/mol. The summed E-state index contributed by atoms with van der Waals surface area (Å²) in [5.41, 5.74) is 1.18. The lowest BCUT2D eigenvalue weighted by molar-refractivity contribution is -0.0343. The van der Waals surface area contributed by atoms with E-state index in [0.717, 1.165) is 11.1 Å². The summed E-state index contributed by atoms with van der Waals surface area (Å²) >= 11 is 0. The van der Waals surface area contributed by atoms with Crippen molar-refractivity contribution in [3.05, 3.63) is 71.8 Å². The molecule has 2 aromatic rings. The van der Waals surface area contributed by atoms with Gasteiger partial charge >= 0.3 is 12.2 Å². The Labute approximate surface area is 189 Å². The summed E-state index contributed by atoms with van der Waals surface area (Å²) in [7, 11) is 0. The molecule has 1 saturated heterocycles. The van der Waals surface area contributed by atoms with Crippen LogP contribution in [0.15, 0.2) is 60.7 Å². The zero-order valence-electron chi connectivity index (χ0n) is 18.9. The first-order valence-corrected chi connectivity index (χ1v) is 10.9. The number of hydrogen-bond donors (Lipinski definition) is 1. The summed E-state index contributed by atoms with van der Waals surface area (Å²) < 4.78 is 11.0. The van der Waals surface area contributed by atoms with E-state index in [9.17, 15) is 14.7 Å². The molecule has 1 heterocycles. The number of rotatable bonds is 5. The Morgan fingerprint density at radius 3 is 2.19 bits per heavy atom. The van der Waals surface area contributed by atoms with Gasteiger partial charge in [0.05, 0.1) is 18.7 Å². The molecule has 2 atom stereocenters. The third kappa shape index (κ3) is 6.72. The number of piperidine rings is 1. The molecular formula is C25H32N2O5. The van der Waals surface area contributed by atoms with Crippen molar-refractivity contribution in [3.8, 4) is 0 Å². The van der Waals surface area contributed by atoms with Crippen LogP contribution in [0.25, 0.3) is 0 Å². The Morgan fingerprint density at radius 1 is 1.03 bits per heavy atom. The Morgan fingerprint density at radius 2 is 1.62 bits per heavy atom. The van der Waals surface area contributed by atoms with Crippen LogP contribution >= 0.6 is 0 Å². The molecule has 1 fully saturated rings. The number of ether oxygens (including phenoxy) is 2. The van der Waals surface area contributed by atoms with Gasteiger partial charge in [-0.3, -0.25) is 4.90 Å². The summed E-state index contributed by atoms with van der Waals surface area (Å²) in [4.78, 5) is 28.5. The van der Waals surface area contributed by atoms with E-state index >= 15 is 0 Å². The minimum Gasteiger partial charge on any atom is -0.445 e. The molecule has 0 unspecified atom stereocenters. The van der Waals surface area contributed by atoms with Gasteiger partial charge in [-0.25, -0.2) is 9.59 Å². The van der Waals surface area contributed by atoms with E-state index < -0.39 is 29.9 Å². The predicted molar refractivity (Wildman–Crippen MR) is 121 cm³/mol. The van der Waals surface area contributed by atoms with Crippen molar-refractivity contribution < 1.29 is 24.2 Å². The Bertz CT molecular complexity index is 882. The van der Waals surface area contributed by atoms with Gasteiger partial charge in [-0.05, 0) is 38.3 Å². The fraction of sp³-hybridized carbons (Fsp3) is 0.440. The number of likely N-dealkylation sites (tertiary alicyclic amines) is 1. The van der Waals surface area contributed by atoms with Crippen LogP contribution in [0, 0.1) is 0 Å². The van der Waals surface area contributed by atoms with Crippen molar-refractivity contribution in [2.24, 2.45) is 0 Å². The lowest BCUT2D eigenvalue weighted by Crippen LogP contribution is -2.57. The molecule has 1 aliphatic rings. The molecule has 1 aliphatic heterocycles. The summed E-state index contributed by atoms with van der Waals surface area (Å²) in [6.07, 6.45) is -1.44. The van der Waals surface area contributed by atoms with E-state index in [1.54, 1.807) is 4.90 Å². The number of β-amino-alcohol motifs (C(OH)–C–C–N with tert-alkyl or cyclic N) is 1. The normalized spacial score (nSPS) is 18.7. The zero-order valence-corrected chi connectivity index (χ0v) is 18.9. The molecular weight excluding hydrogens is 408 g/mol. The second-order valence-electron chi connectivity index (χ2n) is 9.00. The molecule has 1 N–H and O–H groups in total. The van der Waals surface area contributed by atoms with Crippen LogP contribution in [0.1, 0.15) is 38.3 Å². The minimum absolute atomic E-state index is 0.0897.